The molecule has 0 spiro atoms. The van der Waals surface area contributed by atoms with Crippen molar-refractivity contribution in [1.29, 1.82) is 0 Å². The zero-order valence-corrected chi connectivity index (χ0v) is 21.7. The molecule has 0 aliphatic heterocycles. The molecule has 0 fully saturated rings. The average Bonchev–Trinajstić information content (AvgIpc) is 3.07. The predicted octanol–water partition coefficient (Wildman–Crippen LogP) is 2.13. The number of pyridine rings is 1. The molecule has 3 aromatic rings. The summed E-state index contributed by atoms with van der Waals surface area (Å²) in [5.41, 5.74) is 6.81. The number of amides is 1. The first-order chi connectivity index (χ1) is 13.2. The largest absolute Gasteiger partial charge is 1.00 e. The van der Waals surface area contributed by atoms with E-state index in [4.69, 9.17) is 0 Å². The number of carbonyl (C=O) groups is 1. The van der Waals surface area contributed by atoms with Gasteiger partial charge >= 0.3 is 51.4 Å². The molecule has 2 aromatic heterocycles. The van der Waals surface area contributed by atoms with E-state index in [-0.39, 0.29) is 72.1 Å². The fourth-order valence-corrected chi connectivity index (χ4v) is 3.91. The average molecular weight is 428 g/mol. The van der Waals surface area contributed by atoms with Gasteiger partial charge in [0.05, 0.1) is 5.69 Å². The molecule has 30 heavy (non-hydrogen) atoms. The van der Waals surface area contributed by atoms with Crippen LogP contribution in [-0.2, 0) is 12.8 Å². The summed E-state index contributed by atoms with van der Waals surface area (Å²) < 4.78 is 2.33. The fraction of sp³-hybridized carbons (Fsp3) is 0.240. The van der Waals surface area contributed by atoms with E-state index < -0.39 is 0 Å². The zero-order valence-electron chi connectivity index (χ0n) is 18.6. The smallest absolute Gasteiger partial charge is 0.382 e. The van der Waals surface area contributed by atoms with Crippen LogP contribution in [0.2, 0.25) is 0 Å². The van der Waals surface area contributed by atoms with Gasteiger partial charge in [0.2, 0.25) is 5.91 Å². The van der Waals surface area contributed by atoms with Crippen LogP contribution in [0, 0.1) is 27.7 Å². The maximum atomic E-state index is 12.0. The standard InChI is InChI=1S/C23H24N3O.2CH3.K/c1-3-25-23(27)17-7-9-20(10-8-17)26-21-11-6-16(2)13-19(21)14-22(26)18-5-4-12-24-15-18;;;/h4-5,7-10,12,14-16H,1,3,6,11,13H2,2H3,(H,25,27);2*1H3;/q3*-1;+1. The summed E-state index contributed by atoms with van der Waals surface area (Å²) in [6.07, 6.45) is 7.10. The molecule has 4 rings (SSSR count). The van der Waals surface area contributed by atoms with Crippen molar-refractivity contribution in [3.8, 4) is 16.9 Å². The van der Waals surface area contributed by atoms with Gasteiger partial charge in [-0.05, 0) is 73.2 Å². The summed E-state index contributed by atoms with van der Waals surface area (Å²) in [5, 5.41) is 2.74. The van der Waals surface area contributed by atoms with E-state index in [0.717, 1.165) is 29.8 Å². The molecule has 0 saturated heterocycles. The van der Waals surface area contributed by atoms with E-state index >= 15 is 0 Å². The van der Waals surface area contributed by atoms with Gasteiger partial charge in [-0.25, -0.2) is 0 Å². The summed E-state index contributed by atoms with van der Waals surface area (Å²) in [5.74, 6) is 0.621. The summed E-state index contributed by atoms with van der Waals surface area (Å²) >= 11 is 0. The molecule has 154 valence electrons. The zero-order chi connectivity index (χ0) is 18.8. The molecule has 1 N–H and O–H groups in total. The number of hydrogen-bond acceptors (Lipinski definition) is 2. The number of benzene rings is 1. The molecular weight excluding hydrogens is 397 g/mol. The van der Waals surface area contributed by atoms with E-state index in [1.165, 1.54) is 17.7 Å². The Bertz CT molecular complexity index is 949. The molecule has 1 amide bonds. The predicted molar refractivity (Wildman–Crippen MR) is 121 cm³/mol. The third kappa shape index (κ3) is 5.51. The van der Waals surface area contributed by atoms with Crippen LogP contribution in [0.4, 0.5) is 0 Å². The Morgan fingerprint density at radius 1 is 1.23 bits per heavy atom. The van der Waals surface area contributed by atoms with Gasteiger partial charge in [0.1, 0.15) is 0 Å². The molecule has 0 radical (unpaired) electrons. The Labute approximate surface area is 223 Å². The van der Waals surface area contributed by atoms with Gasteiger partial charge in [0.15, 0.2) is 0 Å². The Morgan fingerprint density at radius 2 is 1.97 bits per heavy atom. The van der Waals surface area contributed by atoms with E-state index in [9.17, 15) is 4.79 Å². The minimum Gasteiger partial charge on any atom is -0.382 e. The SMILES string of the molecule is [CH2-]CNC(=O)c1ccc(-n2c(-c3cccnc3)cc3c2CCC(C)C3)cc1.[CH3-].[CH3-].[K+]. The van der Waals surface area contributed by atoms with Crippen LogP contribution < -0.4 is 56.7 Å². The van der Waals surface area contributed by atoms with Crippen molar-refractivity contribution in [3.63, 3.8) is 0 Å². The molecule has 2 heterocycles. The van der Waals surface area contributed by atoms with Crippen LogP contribution in [0.15, 0.2) is 54.9 Å². The Kier molecular flexibility index (Phi) is 10.7. The third-order valence-electron chi connectivity index (χ3n) is 5.27. The number of hydrogen-bond donors (Lipinski definition) is 1. The van der Waals surface area contributed by atoms with E-state index in [1.807, 2.05) is 36.5 Å². The molecule has 1 aromatic carbocycles. The molecule has 4 nitrogen and oxygen atoms in total. The normalized spacial score (nSPS) is 14.4. The minimum atomic E-state index is -0.0904. The van der Waals surface area contributed by atoms with Crippen LogP contribution in [0.3, 0.4) is 0 Å². The first-order valence-corrected chi connectivity index (χ1v) is 9.49. The molecule has 1 aliphatic rings. The molecular formula is C25H30KN3O-2. The van der Waals surface area contributed by atoms with Crippen molar-refractivity contribution in [3.05, 3.63) is 93.5 Å². The number of fused-ring (bicyclic) bond motifs is 1. The van der Waals surface area contributed by atoms with Crippen molar-refractivity contribution < 1.29 is 56.2 Å². The topological polar surface area (TPSA) is 46.9 Å². The first kappa shape index (κ1) is 26.8. The van der Waals surface area contributed by atoms with Crippen LogP contribution in [-0.4, -0.2) is 22.0 Å². The van der Waals surface area contributed by atoms with Gasteiger partial charge in [-0.2, -0.15) is 0 Å². The second kappa shape index (κ2) is 12.0. The number of nitrogens with zero attached hydrogens (tertiary/aromatic N) is 2. The van der Waals surface area contributed by atoms with E-state index in [1.54, 1.807) is 6.20 Å². The quantitative estimate of drug-likeness (QED) is 0.512. The Hall–Kier alpha value is -1.24. The van der Waals surface area contributed by atoms with Crippen molar-refractivity contribution in [2.75, 3.05) is 6.54 Å². The van der Waals surface area contributed by atoms with Gasteiger partial charge < -0.3 is 31.7 Å². The maximum Gasteiger partial charge on any atom is 1.00 e. The van der Waals surface area contributed by atoms with Gasteiger partial charge in [-0.15, -0.1) is 6.54 Å². The van der Waals surface area contributed by atoms with Crippen LogP contribution in [0.5, 0.6) is 0 Å². The number of rotatable bonds is 4. The molecule has 1 unspecified atom stereocenters. The summed E-state index contributed by atoms with van der Waals surface area (Å²) in [4.78, 5) is 16.3. The minimum absolute atomic E-state index is 0. The molecule has 0 saturated carbocycles. The van der Waals surface area contributed by atoms with Crippen molar-refractivity contribution in [1.82, 2.24) is 14.9 Å². The summed E-state index contributed by atoms with van der Waals surface area (Å²) in [6.45, 7) is 6.37. The number of carbonyl (C=O) groups excluding carboxylic acids is 1. The van der Waals surface area contributed by atoms with Crippen molar-refractivity contribution in [2.24, 2.45) is 5.92 Å². The molecule has 0 bridgehead atoms. The van der Waals surface area contributed by atoms with E-state index in [0.29, 0.717) is 18.0 Å². The monoisotopic (exact) mass is 427 g/mol. The van der Waals surface area contributed by atoms with Crippen molar-refractivity contribution in [2.45, 2.75) is 26.2 Å². The van der Waals surface area contributed by atoms with Crippen LogP contribution in [0.1, 0.15) is 35.0 Å². The first-order valence-electron chi connectivity index (χ1n) is 9.49. The Balaban J connectivity index is 0.00000150. The summed E-state index contributed by atoms with van der Waals surface area (Å²) in [7, 11) is 0. The second-order valence-electron chi connectivity index (χ2n) is 7.23. The van der Waals surface area contributed by atoms with Gasteiger partial charge in [0.25, 0.3) is 0 Å². The fourth-order valence-electron chi connectivity index (χ4n) is 3.91. The van der Waals surface area contributed by atoms with E-state index in [2.05, 4.69) is 40.8 Å². The second-order valence-corrected chi connectivity index (χ2v) is 7.23. The van der Waals surface area contributed by atoms with Gasteiger partial charge in [-0.3, -0.25) is 9.78 Å². The third-order valence-corrected chi connectivity index (χ3v) is 5.27. The maximum absolute atomic E-state index is 12.0. The van der Waals surface area contributed by atoms with Gasteiger partial charge in [-0.1, -0.05) is 6.92 Å². The molecule has 1 atom stereocenters. The van der Waals surface area contributed by atoms with Crippen molar-refractivity contribution >= 4 is 5.91 Å². The van der Waals surface area contributed by atoms with Crippen LogP contribution >= 0.6 is 0 Å². The van der Waals surface area contributed by atoms with Gasteiger partial charge in [0, 0.05) is 34.9 Å². The number of aromatic nitrogens is 2. The number of nitrogens with one attached hydrogen (secondary N) is 1. The van der Waals surface area contributed by atoms with Crippen LogP contribution in [0.25, 0.3) is 16.9 Å². The molecule has 1 aliphatic carbocycles. The summed E-state index contributed by atoms with van der Waals surface area (Å²) in [6, 6.07) is 14.2. The molecule has 5 heteroatoms. The Morgan fingerprint density at radius 3 is 2.60 bits per heavy atom.